The average Bonchev–Trinajstić information content (AvgIpc) is 3.34. The van der Waals surface area contributed by atoms with Crippen LogP contribution in [0.15, 0.2) is 91.1 Å². The van der Waals surface area contributed by atoms with Crippen molar-refractivity contribution in [1.29, 1.82) is 0 Å². The van der Waals surface area contributed by atoms with Gasteiger partial charge in [-0.2, -0.15) is 0 Å². The van der Waals surface area contributed by atoms with E-state index in [2.05, 4.69) is 17.1 Å². The SMILES string of the molecule is COCCCN(CC(=O)N(CCc1c[nH]c2ccccc12)Cc1ccccc1)C(=O)c1ccccc1. The Balaban J connectivity index is 1.52. The van der Waals surface area contributed by atoms with Crippen molar-refractivity contribution in [2.24, 2.45) is 0 Å². The summed E-state index contributed by atoms with van der Waals surface area (Å²) in [7, 11) is 1.64. The van der Waals surface area contributed by atoms with Gasteiger partial charge in [0.1, 0.15) is 6.54 Å². The summed E-state index contributed by atoms with van der Waals surface area (Å²) in [5, 5.41) is 1.17. The molecule has 0 aliphatic carbocycles. The third-order valence-electron chi connectivity index (χ3n) is 6.31. The number of para-hydroxylation sites is 1. The number of ether oxygens (including phenoxy) is 1. The molecule has 4 rings (SSSR count). The van der Waals surface area contributed by atoms with E-state index >= 15 is 0 Å². The molecule has 3 aromatic carbocycles. The Hall–Kier alpha value is -3.90. The van der Waals surface area contributed by atoms with Crippen LogP contribution in [0, 0.1) is 0 Å². The molecule has 0 saturated heterocycles. The van der Waals surface area contributed by atoms with Crippen molar-refractivity contribution in [2.75, 3.05) is 33.4 Å². The molecule has 0 radical (unpaired) electrons. The maximum Gasteiger partial charge on any atom is 0.254 e. The number of H-pyrrole nitrogens is 1. The third-order valence-corrected chi connectivity index (χ3v) is 6.31. The molecule has 0 saturated carbocycles. The van der Waals surface area contributed by atoms with Crippen molar-refractivity contribution in [3.05, 3.63) is 108 Å². The van der Waals surface area contributed by atoms with E-state index in [4.69, 9.17) is 4.74 Å². The number of aromatic nitrogens is 1. The molecule has 6 nitrogen and oxygen atoms in total. The molecule has 0 bridgehead atoms. The molecule has 0 unspecified atom stereocenters. The second kappa shape index (κ2) is 12.7. The molecule has 36 heavy (non-hydrogen) atoms. The van der Waals surface area contributed by atoms with E-state index in [1.165, 1.54) is 10.9 Å². The Morgan fingerprint density at radius 2 is 1.53 bits per heavy atom. The van der Waals surface area contributed by atoms with Gasteiger partial charge in [-0.15, -0.1) is 0 Å². The fourth-order valence-electron chi connectivity index (χ4n) is 4.37. The number of carbonyl (C=O) groups is 2. The predicted octanol–water partition coefficient (Wildman–Crippen LogP) is 4.92. The van der Waals surface area contributed by atoms with E-state index in [0.717, 1.165) is 17.5 Å². The standard InChI is InChI=1S/C30H33N3O3/c1-36-20-10-18-33(30(35)25-13-6-3-7-14-25)23-29(34)32(22-24-11-4-2-5-12-24)19-17-26-21-31-28-16-9-8-15-27(26)28/h2-9,11-16,21,31H,10,17-20,22-23H2,1H3. The lowest BCUT2D eigenvalue weighted by Crippen LogP contribution is -2.44. The number of nitrogens with zero attached hydrogens (tertiary/aromatic N) is 2. The highest BCUT2D eigenvalue weighted by molar-refractivity contribution is 5.96. The van der Waals surface area contributed by atoms with E-state index in [0.29, 0.717) is 38.2 Å². The number of fused-ring (bicyclic) bond motifs is 1. The van der Waals surface area contributed by atoms with Gasteiger partial charge >= 0.3 is 0 Å². The number of hydrogen-bond donors (Lipinski definition) is 1. The molecule has 0 aliphatic heterocycles. The number of methoxy groups -OCH3 is 1. The zero-order valence-electron chi connectivity index (χ0n) is 20.7. The summed E-state index contributed by atoms with van der Waals surface area (Å²) in [5.74, 6) is -0.211. The third kappa shape index (κ3) is 6.61. The van der Waals surface area contributed by atoms with Gasteiger partial charge in [0.05, 0.1) is 0 Å². The maximum absolute atomic E-state index is 13.6. The smallest absolute Gasteiger partial charge is 0.254 e. The van der Waals surface area contributed by atoms with E-state index in [1.807, 2.05) is 71.8 Å². The molecule has 0 aliphatic rings. The monoisotopic (exact) mass is 483 g/mol. The molecular formula is C30H33N3O3. The van der Waals surface area contributed by atoms with Crippen LogP contribution < -0.4 is 0 Å². The van der Waals surface area contributed by atoms with Crippen LogP contribution in [0.5, 0.6) is 0 Å². The highest BCUT2D eigenvalue weighted by Gasteiger charge is 2.22. The highest BCUT2D eigenvalue weighted by atomic mass is 16.5. The minimum absolute atomic E-state index is 0.0260. The summed E-state index contributed by atoms with van der Waals surface area (Å²) in [6, 6.07) is 27.3. The Bertz CT molecular complexity index is 1250. The molecular weight excluding hydrogens is 450 g/mol. The quantitative estimate of drug-likeness (QED) is 0.291. The van der Waals surface area contributed by atoms with Gasteiger partial charge in [-0.1, -0.05) is 66.7 Å². The minimum atomic E-state index is -0.142. The number of benzene rings is 3. The van der Waals surface area contributed by atoms with Crippen LogP contribution in [0.3, 0.4) is 0 Å². The summed E-state index contributed by atoms with van der Waals surface area (Å²) in [6.45, 7) is 2.06. The fourth-order valence-corrected chi connectivity index (χ4v) is 4.37. The summed E-state index contributed by atoms with van der Waals surface area (Å²) in [5.41, 5.74) is 3.90. The van der Waals surface area contributed by atoms with Crippen LogP contribution in [-0.4, -0.2) is 59.9 Å². The van der Waals surface area contributed by atoms with Gasteiger partial charge in [-0.3, -0.25) is 9.59 Å². The molecule has 4 aromatic rings. The first-order valence-corrected chi connectivity index (χ1v) is 12.4. The first-order chi connectivity index (χ1) is 17.7. The van der Waals surface area contributed by atoms with E-state index in [9.17, 15) is 9.59 Å². The molecule has 6 heteroatoms. The summed E-state index contributed by atoms with van der Waals surface area (Å²) in [4.78, 5) is 33.7. The van der Waals surface area contributed by atoms with Gasteiger partial charge in [-0.05, 0) is 42.2 Å². The first kappa shape index (κ1) is 25.2. The Morgan fingerprint density at radius 3 is 2.28 bits per heavy atom. The lowest BCUT2D eigenvalue weighted by molar-refractivity contribution is -0.132. The minimum Gasteiger partial charge on any atom is -0.385 e. The van der Waals surface area contributed by atoms with Gasteiger partial charge in [-0.25, -0.2) is 0 Å². The van der Waals surface area contributed by atoms with Gasteiger partial charge in [0.15, 0.2) is 0 Å². The van der Waals surface area contributed by atoms with Crippen molar-refractivity contribution in [2.45, 2.75) is 19.4 Å². The molecule has 0 fully saturated rings. The lowest BCUT2D eigenvalue weighted by atomic mass is 10.1. The Kier molecular flexibility index (Phi) is 8.89. The van der Waals surface area contributed by atoms with Crippen LogP contribution in [0.25, 0.3) is 10.9 Å². The van der Waals surface area contributed by atoms with E-state index in [-0.39, 0.29) is 18.4 Å². The van der Waals surface area contributed by atoms with Gasteiger partial charge in [0.25, 0.3) is 5.91 Å². The number of aromatic amines is 1. The number of carbonyl (C=O) groups excluding carboxylic acids is 2. The fraction of sp³-hybridized carbons (Fsp3) is 0.267. The van der Waals surface area contributed by atoms with Gasteiger partial charge in [0.2, 0.25) is 5.91 Å². The van der Waals surface area contributed by atoms with Crippen molar-refractivity contribution in [3.63, 3.8) is 0 Å². The topological polar surface area (TPSA) is 65.6 Å². The van der Waals surface area contributed by atoms with Crippen LogP contribution in [-0.2, 0) is 22.5 Å². The first-order valence-electron chi connectivity index (χ1n) is 12.4. The van der Waals surface area contributed by atoms with Crippen molar-refractivity contribution < 1.29 is 14.3 Å². The van der Waals surface area contributed by atoms with Gasteiger partial charge in [0, 0.05) is 56.0 Å². The summed E-state index contributed by atoms with van der Waals surface area (Å²) in [6.07, 6.45) is 3.40. The highest BCUT2D eigenvalue weighted by Crippen LogP contribution is 2.19. The molecule has 1 aromatic heterocycles. The number of nitrogens with one attached hydrogen (secondary N) is 1. The van der Waals surface area contributed by atoms with Crippen molar-refractivity contribution in [1.82, 2.24) is 14.8 Å². The van der Waals surface area contributed by atoms with Crippen LogP contribution in [0.4, 0.5) is 0 Å². The van der Waals surface area contributed by atoms with Crippen molar-refractivity contribution in [3.8, 4) is 0 Å². The average molecular weight is 484 g/mol. The maximum atomic E-state index is 13.6. The number of hydrogen-bond acceptors (Lipinski definition) is 3. The van der Waals surface area contributed by atoms with E-state index < -0.39 is 0 Å². The number of amides is 2. The second-order valence-electron chi connectivity index (χ2n) is 8.85. The van der Waals surface area contributed by atoms with Crippen LogP contribution >= 0.6 is 0 Å². The van der Waals surface area contributed by atoms with E-state index in [1.54, 1.807) is 24.1 Å². The largest absolute Gasteiger partial charge is 0.385 e. The molecule has 0 atom stereocenters. The summed E-state index contributed by atoms with van der Waals surface area (Å²) >= 11 is 0. The van der Waals surface area contributed by atoms with Gasteiger partial charge < -0.3 is 19.5 Å². The summed E-state index contributed by atoms with van der Waals surface area (Å²) < 4.78 is 5.19. The Labute approximate surface area is 212 Å². The van der Waals surface area contributed by atoms with Crippen molar-refractivity contribution >= 4 is 22.7 Å². The van der Waals surface area contributed by atoms with Crippen LogP contribution in [0.1, 0.15) is 27.9 Å². The normalized spacial score (nSPS) is 10.9. The molecule has 1 N–H and O–H groups in total. The zero-order chi connectivity index (χ0) is 25.2. The molecule has 0 spiro atoms. The van der Waals surface area contributed by atoms with Crippen LogP contribution in [0.2, 0.25) is 0 Å². The molecule has 2 amide bonds. The Morgan fingerprint density at radius 1 is 0.833 bits per heavy atom. The second-order valence-corrected chi connectivity index (χ2v) is 8.85. The zero-order valence-corrected chi connectivity index (χ0v) is 20.7. The number of rotatable bonds is 12. The predicted molar refractivity (Wildman–Crippen MR) is 143 cm³/mol. The lowest BCUT2D eigenvalue weighted by Gasteiger charge is -2.28. The molecule has 186 valence electrons. The molecule has 1 heterocycles.